The Balaban J connectivity index is 1.37. The largest absolute Gasteiger partial charge is 0.388 e. The zero-order chi connectivity index (χ0) is 19.7. The number of rotatable bonds is 5. The molecule has 3 nitrogen and oxygen atoms in total. The third-order valence-corrected chi connectivity index (χ3v) is 6.73. The van der Waals surface area contributed by atoms with Gasteiger partial charge in [0.25, 0.3) is 0 Å². The monoisotopic (exact) mass is 418 g/mol. The molecule has 1 aliphatic heterocycles. The molecule has 1 N–H and O–H groups in total. The van der Waals surface area contributed by atoms with Crippen molar-refractivity contribution in [3.63, 3.8) is 0 Å². The van der Waals surface area contributed by atoms with Gasteiger partial charge in [0.1, 0.15) is 5.82 Å². The fraction of sp³-hybridized carbons (Fsp3) is 0.364. The summed E-state index contributed by atoms with van der Waals surface area (Å²) in [5.74, 6) is -0.192. The van der Waals surface area contributed by atoms with E-state index >= 15 is 0 Å². The van der Waals surface area contributed by atoms with Gasteiger partial charge in [-0.1, -0.05) is 24.6 Å². The molecule has 2 unspecified atom stereocenters. The van der Waals surface area contributed by atoms with Crippen molar-refractivity contribution >= 4 is 38.7 Å². The van der Waals surface area contributed by atoms with Crippen molar-refractivity contribution in [3.05, 3.63) is 64.2 Å². The smallest absolute Gasteiger partial charge is 0.123 e. The second-order valence-electron chi connectivity index (χ2n) is 7.52. The van der Waals surface area contributed by atoms with E-state index in [9.17, 15) is 9.50 Å². The number of aliphatic hydroxyl groups excluding tert-OH is 1. The Bertz CT molecular complexity index is 955. The highest BCUT2D eigenvalue weighted by Crippen LogP contribution is 2.34. The van der Waals surface area contributed by atoms with Crippen molar-refractivity contribution in [2.75, 3.05) is 37.6 Å². The molecular weight excluding hydrogens is 395 g/mol. The summed E-state index contributed by atoms with van der Waals surface area (Å²) in [5, 5.41) is 14.4. The summed E-state index contributed by atoms with van der Waals surface area (Å²) in [5.41, 5.74) is 2.00. The Kier molecular flexibility index (Phi) is 5.88. The first-order valence-electron chi connectivity index (χ1n) is 9.59. The van der Waals surface area contributed by atoms with Gasteiger partial charge in [-0.15, -0.1) is 11.3 Å². The Labute approximate surface area is 174 Å². The molecule has 2 aromatic carbocycles. The minimum absolute atomic E-state index is 0.0683. The van der Waals surface area contributed by atoms with Crippen LogP contribution in [0.4, 0.5) is 10.1 Å². The van der Waals surface area contributed by atoms with Crippen LogP contribution < -0.4 is 4.90 Å². The molecule has 0 aliphatic carbocycles. The van der Waals surface area contributed by atoms with Gasteiger partial charge in [-0.2, -0.15) is 0 Å². The lowest BCUT2D eigenvalue weighted by Gasteiger charge is -2.37. The number of aliphatic hydroxyl groups is 1. The van der Waals surface area contributed by atoms with Gasteiger partial charge >= 0.3 is 0 Å². The van der Waals surface area contributed by atoms with Gasteiger partial charge in [0.15, 0.2) is 0 Å². The summed E-state index contributed by atoms with van der Waals surface area (Å²) in [4.78, 5) is 4.74. The predicted octanol–water partition coefficient (Wildman–Crippen LogP) is 5.19. The van der Waals surface area contributed by atoms with Crippen LogP contribution in [-0.2, 0) is 0 Å². The van der Waals surface area contributed by atoms with E-state index in [0.29, 0.717) is 0 Å². The normalized spacial score (nSPS) is 17.8. The lowest BCUT2D eigenvalue weighted by molar-refractivity contribution is 0.0876. The summed E-state index contributed by atoms with van der Waals surface area (Å²) >= 11 is 7.66. The van der Waals surface area contributed by atoms with Crippen LogP contribution in [-0.4, -0.2) is 42.7 Å². The number of nitrogens with zero attached hydrogens (tertiary/aromatic N) is 2. The molecule has 1 fully saturated rings. The molecule has 0 saturated carbocycles. The van der Waals surface area contributed by atoms with Crippen molar-refractivity contribution in [2.24, 2.45) is 5.92 Å². The second kappa shape index (κ2) is 8.37. The van der Waals surface area contributed by atoms with E-state index in [1.807, 2.05) is 23.6 Å². The van der Waals surface area contributed by atoms with E-state index in [-0.39, 0.29) is 11.7 Å². The molecule has 1 saturated heterocycles. The molecule has 4 rings (SSSR count). The van der Waals surface area contributed by atoms with Crippen molar-refractivity contribution in [3.8, 4) is 0 Å². The number of anilines is 1. The number of hydrogen-bond donors (Lipinski definition) is 1. The predicted molar refractivity (Wildman–Crippen MR) is 116 cm³/mol. The third kappa shape index (κ3) is 4.18. The number of hydrogen-bond acceptors (Lipinski definition) is 4. The number of fused-ring (bicyclic) bond motifs is 1. The Hall–Kier alpha value is -1.66. The first-order chi connectivity index (χ1) is 13.5. The van der Waals surface area contributed by atoms with Crippen molar-refractivity contribution in [2.45, 2.75) is 13.0 Å². The first kappa shape index (κ1) is 19.6. The maximum absolute atomic E-state index is 13.6. The number of piperazine rings is 1. The summed E-state index contributed by atoms with van der Waals surface area (Å²) in [6.45, 7) is 6.66. The molecular formula is C22H24ClFN2OS. The summed E-state index contributed by atoms with van der Waals surface area (Å²) in [6.07, 6.45) is -0.596. The molecule has 2 heterocycles. The third-order valence-electron chi connectivity index (χ3n) is 5.51. The summed E-state index contributed by atoms with van der Waals surface area (Å²) < 4.78 is 14.6. The molecule has 0 radical (unpaired) electrons. The maximum atomic E-state index is 13.6. The van der Waals surface area contributed by atoms with Gasteiger partial charge in [0.05, 0.1) is 6.10 Å². The van der Waals surface area contributed by atoms with E-state index in [4.69, 9.17) is 11.6 Å². The Morgan fingerprint density at radius 3 is 2.68 bits per heavy atom. The fourth-order valence-corrected chi connectivity index (χ4v) is 5.08. The van der Waals surface area contributed by atoms with E-state index in [0.717, 1.165) is 59.1 Å². The average molecular weight is 419 g/mol. The van der Waals surface area contributed by atoms with E-state index in [1.165, 1.54) is 12.1 Å². The fourth-order valence-electron chi connectivity index (χ4n) is 3.93. The SMILES string of the molecule is CC(CN1CCN(c2cccc(Cl)c2)CC1)C(O)c1csc2ccc(F)cc12. The van der Waals surface area contributed by atoms with Crippen molar-refractivity contribution < 1.29 is 9.50 Å². The van der Waals surface area contributed by atoms with Gasteiger partial charge in [-0.3, -0.25) is 4.90 Å². The van der Waals surface area contributed by atoms with Crippen LogP contribution in [0.25, 0.3) is 10.1 Å². The zero-order valence-corrected chi connectivity index (χ0v) is 17.4. The molecule has 0 bridgehead atoms. The van der Waals surface area contributed by atoms with E-state index in [2.05, 4.69) is 22.8 Å². The average Bonchev–Trinajstić information content (AvgIpc) is 3.11. The van der Waals surface area contributed by atoms with Crippen LogP contribution in [0.1, 0.15) is 18.6 Å². The molecule has 0 spiro atoms. The van der Waals surface area contributed by atoms with Gasteiger partial charge in [0, 0.05) is 53.5 Å². The molecule has 28 heavy (non-hydrogen) atoms. The second-order valence-corrected chi connectivity index (χ2v) is 8.87. The van der Waals surface area contributed by atoms with Crippen LogP contribution in [0.2, 0.25) is 5.02 Å². The lowest BCUT2D eigenvalue weighted by Crippen LogP contribution is -2.48. The summed E-state index contributed by atoms with van der Waals surface area (Å²) in [6, 6.07) is 12.8. The minimum Gasteiger partial charge on any atom is -0.388 e. The Morgan fingerprint density at radius 2 is 1.93 bits per heavy atom. The van der Waals surface area contributed by atoms with Crippen LogP contribution in [0.15, 0.2) is 47.8 Å². The minimum atomic E-state index is -0.596. The summed E-state index contributed by atoms with van der Waals surface area (Å²) in [7, 11) is 0. The van der Waals surface area contributed by atoms with Gasteiger partial charge in [-0.05, 0) is 53.3 Å². The number of thiophene rings is 1. The van der Waals surface area contributed by atoms with Gasteiger partial charge in [0.2, 0.25) is 0 Å². The number of benzene rings is 2. The van der Waals surface area contributed by atoms with Crippen LogP contribution >= 0.6 is 22.9 Å². The standard InChI is InChI=1S/C22H24ClFN2OS/c1-15(22(27)20-14-28-21-6-5-17(24)12-19(20)21)13-25-7-9-26(10-8-25)18-4-2-3-16(23)11-18/h2-6,11-12,14-15,22,27H,7-10,13H2,1H3. The molecule has 148 valence electrons. The molecule has 1 aliphatic rings. The van der Waals surface area contributed by atoms with E-state index in [1.54, 1.807) is 17.4 Å². The number of halogens is 2. The quantitative estimate of drug-likeness (QED) is 0.618. The highest BCUT2D eigenvalue weighted by Gasteiger charge is 2.24. The molecule has 1 aromatic heterocycles. The topological polar surface area (TPSA) is 26.7 Å². The first-order valence-corrected chi connectivity index (χ1v) is 10.8. The molecule has 3 aromatic rings. The molecule has 0 amide bonds. The van der Waals surface area contributed by atoms with Gasteiger partial charge in [-0.25, -0.2) is 4.39 Å². The van der Waals surface area contributed by atoms with E-state index < -0.39 is 6.10 Å². The van der Waals surface area contributed by atoms with Gasteiger partial charge < -0.3 is 10.0 Å². The van der Waals surface area contributed by atoms with Crippen molar-refractivity contribution in [1.29, 1.82) is 0 Å². The molecule has 2 atom stereocenters. The zero-order valence-electron chi connectivity index (χ0n) is 15.8. The van der Waals surface area contributed by atoms with Crippen LogP contribution in [0, 0.1) is 11.7 Å². The maximum Gasteiger partial charge on any atom is 0.123 e. The highest BCUT2D eigenvalue weighted by molar-refractivity contribution is 7.17. The van der Waals surface area contributed by atoms with Crippen LogP contribution in [0.5, 0.6) is 0 Å². The lowest BCUT2D eigenvalue weighted by atomic mass is 9.96. The van der Waals surface area contributed by atoms with Crippen molar-refractivity contribution in [1.82, 2.24) is 4.90 Å². The van der Waals surface area contributed by atoms with Crippen LogP contribution in [0.3, 0.4) is 0 Å². The molecule has 6 heteroatoms. The Morgan fingerprint density at radius 1 is 1.14 bits per heavy atom. The highest BCUT2D eigenvalue weighted by atomic mass is 35.5.